The van der Waals surface area contributed by atoms with Crippen molar-refractivity contribution in [3.8, 4) is 5.75 Å². The molecule has 0 fully saturated rings. The Hall–Kier alpha value is -3.02. The minimum atomic E-state index is -0.123. The van der Waals surface area contributed by atoms with Crippen molar-refractivity contribution >= 4 is 11.9 Å². The van der Waals surface area contributed by atoms with Crippen LogP contribution in [0.15, 0.2) is 53.5 Å². The lowest BCUT2D eigenvalue weighted by atomic mass is 10.0. The Morgan fingerprint density at radius 2 is 1.77 bits per heavy atom. The van der Waals surface area contributed by atoms with Crippen LogP contribution >= 0.6 is 0 Å². The molecule has 0 radical (unpaired) electrons. The molecule has 1 atom stereocenters. The molecule has 0 heterocycles. The van der Waals surface area contributed by atoms with Gasteiger partial charge in [0.15, 0.2) is 12.6 Å². The summed E-state index contributed by atoms with van der Waals surface area (Å²) < 4.78 is 5.56. The molecule has 0 aliphatic rings. The minimum absolute atomic E-state index is 0.0155. The predicted molar refractivity (Wildman–Crippen MR) is 123 cm³/mol. The molecule has 6 nitrogen and oxygen atoms in total. The monoisotopic (exact) mass is 410 g/mol. The van der Waals surface area contributed by atoms with Crippen LogP contribution in [-0.4, -0.2) is 38.1 Å². The maximum absolute atomic E-state index is 11.6. The third-order valence-corrected chi connectivity index (χ3v) is 4.63. The maximum atomic E-state index is 11.6. The number of likely N-dealkylation sites (N-methyl/N-ethyl adjacent to an activating group) is 1. The number of benzene rings is 2. The number of ether oxygens (including phenoxy) is 1. The number of hydrogen-bond donors (Lipinski definition) is 3. The lowest BCUT2D eigenvalue weighted by Crippen LogP contribution is -2.39. The normalized spacial score (nSPS) is 12.2. The van der Waals surface area contributed by atoms with Gasteiger partial charge in [-0.05, 0) is 49.9 Å². The van der Waals surface area contributed by atoms with Crippen LogP contribution in [0.5, 0.6) is 5.75 Å². The van der Waals surface area contributed by atoms with E-state index in [0.717, 1.165) is 24.6 Å². The first kappa shape index (κ1) is 23.3. The molecule has 1 unspecified atom stereocenters. The first-order chi connectivity index (χ1) is 14.5. The van der Waals surface area contributed by atoms with Gasteiger partial charge >= 0.3 is 0 Å². The molecular weight excluding hydrogens is 376 g/mol. The van der Waals surface area contributed by atoms with Crippen molar-refractivity contribution in [2.75, 3.05) is 26.2 Å². The molecule has 2 aromatic carbocycles. The molecule has 0 bridgehead atoms. The fraction of sp³-hybridized carbons (Fsp3) is 0.417. The summed E-state index contributed by atoms with van der Waals surface area (Å²) in [5.41, 5.74) is 3.60. The first-order valence-electron chi connectivity index (χ1n) is 10.6. The van der Waals surface area contributed by atoms with Crippen molar-refractivity contribution in [2.24, 2.45) is 4.99 Å². The SMILES string of the molecule is CCNC(=O)COc1cccc(CN=C(NCC)NCC(C)c2ccc(C)cc2)c1. The molecule has 0 aliphatic carbocycles. The van der Waals surface area contributed by atoms with Crippen LogP contribution < -0.4 is 20.7 Å². The summed E-state index contributed by atoms with van der Waals surface area (Å²) in [6, 6.07) is 16.3. The zero-order valence-electron chi connectivity index (χ0n) is 18.5. The highest BCUT2D eigenvalue weighted by Crippen LogP contribution is 2.15. The standard InChI is InChI=1S/C24H34N4O2/c1-5-25-23(29)17-30-22-9-7-8-20(14-22)16-28-24(26-6-2)27-15-19(4)21-12-10-18(3)11-13-21/h7-14,19H,5-6,15-17H2,1-4H3,(H,25,29)(H2,26,27,28). The number of aryl methyl sites for hydroxylation is 1. The van der Waals surface area contributed by atoms with Gasteiger partial charge in [-0.1, -0.05) is 48.9 Å². The Morgan fingerprint density at radius 1 is 1.03 bits per heavy atom. The zero-order chi connectivity index (χ0) is 21.8. The van der Waals surface area contributed by atoms with Crippen molar-refractivity contribution < 1.29 is 9.53 Å². The van der Waals surface area contributed by atoms with Gasteiger partial charge in [0, 0.05) is 19.6 Å². The number of rotatable bonds is 10. The van der Waals surface area contributed by atoms with Crippen molar-refractivity contribution in [3.63, 3.8) is 0 Å². The van der Waals surface area contributed by atoms with Crippen LogP contribution in [-0.2, 0) is 11.3 Å². The van der Waals surface area contributed by atoms with E-state index in [1.807, 2.05) is 31.2 Å². The molecule has 6 heteroatoms. The van der Waals surface area contributed by atoms with Crippen molar-refractivity contribution in [1.82, 2.24) is 16.0 Å². The highest BCUT2D eigenvalue weighted by molar-refractivity contribution is 5.79. The molecule has 162 valence electrons. The fourth-order valence-corrected chi connectivity index (χ4v) is 2.91. The van der Waals surface area contributed by atoms with Gasteiger partial charge in [-0.3, -0.25) is 4.79 Å². The molecular formula is C24H34N4O2. The molecule has 0 aliphatic heterocycles. The Bertz CT molecular complexity index is 818. The largest absolute Gasteiger partial charge is 0.484 e. The Labute approximate surface area is 180 Å². The predicted octanol–water partition coefficient (Wildman–Crippen LogP) is 3.37. The van der Waals surface area contributed by atoms with Crippen LogP contribution in [0.25, 0.3) is 0 Å². The highest BCUT2D eigenvalue weighted by Gasteiger charge is 2.07. The van der Waals surface area contributed by atoms with Gasteiger partial charge in [-0.15, -0.1) is 0 Å². The summed E-state index contributed by atoms with van der Waals surface area (Å²) in [5.74, 6) is 1.70. The molecule has 2 rings (SSSR count). The lowest BCUT2D eigenvalue weighted by Gasteiger charge is -2.16. The van der Waals surface area contributed by atoms with Crippen molar-refractivity contribution in [1.29, 1.82) is 0 Å². The lowest BCUT2D eigenvalue weighted by molar-refractivity contribution is -0.122. The van der Waals surface area contributed by atoms with E-state index in [-0.39, 0.29) is 12.5 Å². The molecule has 0 spiro atoms. The van der Waals surface area contributed by atoms with Gasteiger partial charge < -0.3 is 20.7 Å². The number of nitrogens with one attached hydrogen (secondary N) is 3. The summed E-state index contributed by atoms with van der Waals surface area (Å²) in [6.07, 6.45) is 0. The van der Waals surface area contributed by atoms with E-state index in [9.17, 15) is 4.79 Å². The van der Waals surface area contributed by atoms with E-state index in [4.69, 9.17) is 4.74 Å². The van der Waals surface area contributed by atoms with E-state index < -0.39 is 0 Å². The molecule has 30 heavy (non-hydrogen) atoms. The highest BCUT2D eigenvalue weighted by atomic mass is 16.5. The number of carbonyl (C=O) groups excluding carboxylic acids is 1. The van der Waals surface area contributed by atoms with E-state index in [2.05, 4.69) is 66.0 Å². The summed E-state index contributed by atoms with van der Waals surface area (Å²) in [7, 11) is 0. The average molecular weight is 411 g/mol. The Balaban J connectivity index is 1.92. The molecule has 3 N–H and O–H groups in total. The van der Waals surface area contributed by atoms with Gasteiger partial charge in [0.1, 0.15) is 5.75 Å². The fourth-order valence-electron chi connectivity index (χ4n) is 2.91. The molecule has 2 aromatic rings. The summed E-state index contributed by atoms with van der Waals surface area (Å²) in [5, 5.41) is 9.44. The third-order valence-electron chi connectivity index (χ3n) is 4.63. The number of carbonyl (C=O) groups is 1. The van der Waals surface area contributed by atoms with Crippen molar-refractivity contribution in [2.45, 2.75) is 40.2 Å². The van der Waals surface area contributed by atoms with E-state index in [1.165, 1.54) is 11.1 Å². The Morgan fingerprint density at radius 3 is 2.47 bits per heavy atom. The second-order valence-electron chi connectivity index (χ2n) is 7.28. The van der Waals surface area contributed by atoms with Crippen LogP contribution in [0.1, 0.15) is 43.4 Å². The van der Waals surface area contributed by atoms with Gasteiger partial charge in [0.05, 0.1) is 6.54 Å². The van der Waals surface area contributed by atoms with E-state index >= 15 is 0 Å². The first-order valence-corrected chi connectivity index (χ1v) is 10.6. The number of aliphatic imine (C=N–C) groups is 1. The van der Waals surface area contributed by atoms with Crippen LogP contribution in [0.4, 0.5) is 0 Å². The maximum Gasteiger partial charge on any atom is 0.257 e. The summed E-state index contributed by atoms with van der Waals surface area (Å²) >= 11 is 0. The molecule has 0 saturated heterocycles. The Kier molecular flexibility index (Phi) is 9.71. The van der Waals surface area contributed by atoms with Gasteiger partial charge in [0.25, 0.3) is 5.91 Å². The molecule has 0 aromatic heterocycles. The van der Waals surface area contributed by atoms with Crippen LogP contribution in [0.3, 0.4) is 0 Å². The van der Waals surface area contributed by atoms with Crippen LogP contribution in [0, 0.1) is 6.92 Å². The quantitative estimate of drug-likeness (QED) is 0.415. The van der Waals surface area contributed by atoms with E-state index in [1.54, 1.807) is 0 Å². The minimum Gasteiger partial charge on any atom is -0.484 e. The average Bonchev–Trinajstić information content (AvgIpc) is 2.75. The van der Waals surface area contributed by atoms with Crippen molar-refractivity contribution in [3.05, 3.63) is 65.2 Å². The van der Waals surface area contributed by atoms with E-state index in [0.29, 0.717) is 24.8 Å². The third kappa shape index (κ3) is 8.15. The topological polar surface area (TPSA) is 74.8 Å². The second kappa shape index (κ2) is 12.5. The summed E-state index contributed by atoms with van der Waals surface area (Å²) in [4.78, 5) is 16.2. The molecule has 0 saturated carbocycles. The van der Waals surface area contributed by atoms with Gasteiger partial charge in [0.2, 0.25) is 0 Å². The molecule has 1 amide bonds. The van der Waals surface area contributed by atoms with Gasteiger partial charge in [-0.25, -0.2) is 4.99 Å². The smallest absolute Gasteiger partial charge is 0.257 e. The second-order valence-corrected chi connectivity index (χ2v) is 7.28. The number of guanidine groups is 1. The number of nitrogens with zero attached hydrogens (tertiary/aromatic N) is 1. The van der Waals surface area contributed by atoms with Crippen LogP contribution in [0.2, 0.25) is 0 Å². The summed E-state index contributed by atoms with van der Waals surface area (Å²) in [6.45, 7) is 11.0. The number of amides is 1. The number of hydrogen-bond acceptors (Lipinski definition) is 3. The van der Waals surface area contributed by atoms with Gasteiger partial charge in [-0.2, -0.15) is 0 Å². The zero-order valence-corrected chi connectivity index (χ0v) is 18.5.